The quantitative estimate of drug-likeness (QED) is 0.632. The van der Waals surface area contributed by atoms with Gasteiger partial charge in [-0.3, -0.25) is 4.68 Å². The lowest BCUT2D eigenvalue weighted by molar-refractivity contribution is 0.689. The van der Waals surface area contributed by atoms with Gasteiger partial charge in [-0.25, -0.2) is 0 Å². The molecule has 0 saturated carbocycles. The zero-order valence-electron chi connectivity index (χ0n) is 7.51. The van der Waals surface area contributed by atoms with Crippen LogP contribution in [0.2, 0.25) is 0 Å². The van der Waals surface area contributed by atoms with Gasteiger partial charge in [0.2, 0.25) is 0 Å². The van der Waals surface area contributed by atoms with Crippen molar-refractivity contribution in [3.63, 3.8) is 0 Å². The van der Waals surface area contributed by atoms with Crippen LogP contribution in [0.4, 0.5) is 0 Å². The van der Waals surface area contributed by atoms with Crippen LogP contribution in [0.5, 0.6) is 0 Å². The molecule has 0 spiro atoms. The van der Waals surface area contributed by atoms with Crippen molar-refractivity contribution in [2.75, 3.05) is 6.26 Å². The Morgan fingerprint density at radius 3 is 2.55 bits per heavy atom. The summed E-state index contributed by atoms with van der Waals surface area (Å²) in [6.07, 6.45) is 3.17. The van der Waals surface area contributed by atoms with E-state index in [0.29, 0.717) is 0 Å². The Morgan fingerprint density at radius 1 is 1.55 bits per heavy atom. The van der Waals surface area contributed by atoms with Crippen LogP contribution in [-0.4, -0.2) is 16.0 Å². The molecule has 0 atom stereocenters. The van der Waals surface area contributed by atoms with E-state index >= 15 is 0 Å². The van der Waals surface area contributed by atoms with Gasteiger partial charge in [0.25, 0.3) is 0 Å². The van der Waals surface area contributed by atoms with E-state index in [9.17, 15) is 0 Å². The molecular formula is C8H14N2S. The molecular weight excluding hydrogens is 156 g/mol. The van der Waals surface area contributed by atoms with Gasteiger partial charge in [0.15, 0.2) is 0 Å². The number of aryl methyl sites for hydroxylation is 2. The summed E-state index contributed by atoms with van der Waals surface area (Å²) in [5, 5.41) is 5.64. The van der Waals surface area contributed by atoms with Crippen LogP contribution in [0.3, 0.4) is 0 Å². The molecule has 1 rings (SSSR count). The predicted octanol–water partition coefficient (Wildman–Crippen LogP) is 2.01. The summed E-state index contributed by atoms with van der Waals surface area (Å²) in [6, 6.07) is 0. The van der Waals surface area contributed by atoms with Crippen LogP contribution < -0.4 is 0 Å². The lowest BCUT2D eigenvalue weighted by Crippen LogP contribution is -1.92. The third-order valence-corrected chi connectivity index (χ3v) is 2.73. The maximum atomic E-state index is 4.35. The summed E-state index contributed by atoms with van der Waals surface area (Å²) in [6.45, 7) is 4.24. The largest absolute Gasteiger partial charge is 0.262 e. The van der Waals surface area contributed by atoms with E-state index in [4.69, 9.17) is 0 Å². The molecule has 0 aliphatic carbocycles. The Balaban J connectivity index is 3.17. The fourth-order valence-corrected chi connectivity index (χ4v) is 2.19. The van der Waals surface area contributed by atoms with Gasteiger partial charge in [-0.05, 0) is 19.6 Å². The lowest BCUT2D eigenvalue weighted by atomic mass is 10.2. The molecule has 0 fully saturated rings. The van der Waals surface area contributed by atoms with Crippen LogP contribution in [0.15, 0.2) is 5.03 Å². The average Bonchev–Trinajstić information content (AvgIpc) is 2.24. The number of nitrogens with zero attached hydrogens (tertiary/aromatic N) is 2. The molecule has 0 radical (unpaired) electrons. The van der Waals surface area contributed by atoms with Gasteiger partial charge in [0.05, 0.1) is 10.7 Å². The fraction of sp³-hybridized carbons (Fsp3) is 0.625. The topological polar surface area (TPSA) is 17.8 Å². The minimum Gasteiger partial charge on any atom is -0.262 e. The highest BCUT2D eigenvalue weighted by Gasteiger charge is 2.08. The number of thioether (sulfide) groups is 1. The standard InChI is InChI=1S/C8H14N2S/c1-5-7-6(2)9-10(3)8(7)11-4/h5H2,1-4H3. The van der Waals surface area contributed by atoms with E-state index in [1.54, 1.807) is 11.8 Å². The molecule has 1 heterocycles. The van der Waals surface area contributed by atoms with Crippen molar-refractivity contribution in [3.05, 3.63) is 11.3 Å². The first-order valence-electron chi connectivity index (χ1n) is 3.77. The summed E-state index contributed by atoms with van der Waals surface area (Å²) >= 11 is 1.77. The monoisotopic (exact) mass is 170 g/mol. The molecule has 11 heavy (non-hydrogen) atoms. The number of aromatic nitrogens is 2. The highest BCUT2D eigenvalue weighted by atomic mass is 32.2. The Kier molecular flexibility index (Phi) is 2.60. The maximum absolute atomic E-state index is 4.35. The van der Waals surface area contributed by atoms with E-state index in [-0.39, 0.29) is 0 Å². The van der Waals surface area contributed by atoms with Crippen molar-refractivity contribution in [2.45, 2.75) is 25.3 Å². The molecule has 1 aromatic rings. The van der Waals surface area contributed by atoms with E-state index in [1.807, 2.05) is 11.7 Å². The van der Waals surface area contributed by atoms with E-state index in [2.05, 4.69) is 25.2 Å². The van der Waals surface area contributed by atoms with Crippen LogP contribution >= 0.6 is 11.8 Å². The van der Waals surface area contributed by atoms with Crippen molar-refractivity contribution < 1.29 is 0 Å². The minimum absolute atomic E-state index is 1.08. The van der Waals surface area contributed by atoms with Crippen molar-refractivity contribution >= 4 is 11.8 Å². The molecule has 1 aromatic heterocycles. The molecule has 0 aromatic carbocycles. The third kappa shape index (κ3) is 1.43. The van der Waals surface area contributed by atoms with Crippen LogP contribution in [0.25, 0.3) is 0 Å². The molecule has 0 unspecified atom stereocenters. The number of hydrogen-bond donors (Lipinski definition) is 0. The van der Waals surface area contributed by atoms with Gasteiger partial charge >= 0.3 is 0 Å². The summed E-state index contributed by atoms with van der Waals surface area (Å²) in [7, 11) is 2.00. The van der Waals surface area contributed by atoms with Crippen molar-refractivity contribution in [2.24, 2.45) is 7.05 Å². The van der Waals surface area contributed by atoms with Crippen molar-refractivity contribution in [1.82, 2.24) is 9.78 Å². The number of rotatable bonds is 2. The van der Waals surface area contributed by atoms with Crippen molar-refractivity contribution in [3.8, 4) is 0 Å². The van der Waals surface area contributed by atoms with E-state index in [0.717, 1.165) is 6.42 Å². The van der Waals surface area contributed by atoms with Crippen LogP contribution in [0.1, 0.15) is 18.2 Å². The summed E-state index contributed by atoms with van der Waals surface area (Å²) in [4.78, 5) is 0. The molecule has 0 saturated heterocycles. The normalized spacial score (nSPS) is 10.5. The second-order valence-electron chi connectivity index (χ2n) is 2.55. The van der Waals surface area contributed by atoms with Gasteiger partial charge in [-0.15, -0.1) is 11.8 Å². The highest BCUT2D eigenvalue weighted by molar-refractivity contribution is 7.98. The van der Waals surface area contributed by atoms with Gasteiger partial charge in [-0.1, -0.05) is 6.92 Å². The van der Waals surface area contributed by atoms with E-state index in [1.165, 1.54) is 16.3 Å². The SMILES string of the molecule is CCc1c(C)nn(C)c1SC. The molecule has 0 bridgehead atoms. The maximum Gasteiger partial charge on any atom is 0.0968 e. The predicted molar refractivity (Wildman–Crippen MR) is 49.1 cm³/mol. The molecule has 0 aliphatic heterocycles. The smallest absolute Gasteiger partial charge is 0.0968 e. The molecule has 3 heteroatoms. The molecule has 62 valence electrons. The molecule has 2 nitrogen and oxygen atoms in total. The zero-order valence-corrected chi connectivity index (χ0v) is 8.33. The molecule has 0 aliphatic rings. The third-order valence-electron chi connectivity index (χ3n) is 1.84. The second kappa shape index (κ2) is 3.30. The molecule has 0 amide bonds. The van der Waals surface area contributed by atoms with Crippen LogP contribution in [-0.2, 0) is 13.5 Å². The minimum atomic E-state index is 1.08. The fourth-order valence-electron chi connectivity index (χ4n) is 1.34. The highest BCUT2D eigenvalue weighted by Crippen LogP contribution is 2.22. The Hall–Kier alpha value is -0.440. The Bertz CT molecular complexity index is 228. The first-order chi connectivity index (χ1) is 5.20. The van der Waals surface area contributed by atoms with Gasteiger partial charge in [0.1, 0.15) is 0 Å². The summed E-state index contributed by atoms with van der Waals surface area (Å²) < 4.78 is 1.96. The first-order valence-corrected chi connectivity index (χ1v) is 4.99. The van der Waals surface area contributed by atoms with Gasteiger partial charge in [0, 0.05) is 12.6 Å². The second-order valence-corrected chi connectivity index (χ2v) is 3.35. The molecule has 0 N–H and O–H groups in total. The zero-order chi connectivity index (χ0) is 8.43. The van der Waals surface area contributed by atoms with E-state index < -0.39 is 0 Å². The summed E-state index contributed by atoms with van der Waals surface area (Å²) in [5.74, 6) is 0. The number of hydrogen-bond acceptors (Lipinski definition) is 2. The Morgan fingerprint density at radius 2 is 2.18 bits per heavy atom. The first kappa shape index (κ1) is 8.65. The lowest BCUT2D eigenvalue weighted by Gasteiger charge is -1.98. The van der Waals surface area contributed by atoms with Crippen LogP contribution in [0, 0.1) is 6.92 Å². The van der Waals surface area contributed by atoms with Crippen molar-refractivity contribution in [1.29, 1.82) is 0 Å². The van der Waals surface area contributed by atoms with Gasteiger partial charge in [-0.2, -0.15) is 5.10 Å². The Labute approximate surface area is 72.0 Å². The summed E-state index contributed by atoms with van der Waals surface area (Å²) in [5.41, 5.74) is 2.55. The van der Waals surface area contributed by atoms with Gasteiger partial charge < -0.3 is 0 Å². The average molecular weight is 170 g/mol.